The highest BCUT2D eigenvalue weighted by molar-refractivity contribution is 5.26. The minimum Gasteiger partial charge on any atom is -0.491 e. The molecule has 1 saturated carbocycles. The zero-order valence-electron chi connectivity index (χ0n) is 10.4. The number of rotatable bonds is 7. The molecular formula is C14H21NO2. The number of benzene rings is 1. The molecule has 0 amide bonds. The van der Waals surface area contributed by atoms with Crippen molar-refractivity contribution in [2.75, 3.05) is 19.7 Å². The molecule has 1 unspecified atom stereocenters. The molecule has 17 heavy (non-hydrogen) atoms. The number of hydrogen-bond acceptors (Lipinski definition) is 3. The molecule has 1 atom stereocenters. The zero-order valence-corrected chi connectivity index (χ0v) is 10.4. The molecule has 0 aromatic heterocycles. The molecular weight excluding hydrogens is 214 g/mol. The van der Waals surface area contributed by atoms with E-state index < -0.39 is 6.10 Å². The summed E-state index contributed by atoms with van der Waals surface area (Å²) in [7, 11) is 0. The van der Waals surface area contributed by atoms with Gasteiger partial charge >= 0.3 is 0 Å². The summed E-state index contributed by atoms with van der Waals surface area (Å²) in [5.74, 6) is 1.66. The van der Waals surface area contributed by atoms with Crippen molar-refractivity contribution >= 4 is 0 Å². The number of aliphatic hydroxyl groups is 1. The van der Waals surface area contributed by atoms with Gasteiger partial charge in [-0.15, -0.1) is 0 Å². The molecule has 3 nitrogen and oxygen atoms in total. The molecule has 1 fully saturated rings. The monoisotopic (exact) mass is 235 g/mol. The molecule has 0 aliphatic heterocycles. The SMILES string of the molecule is Cc1ccc(OCC(O)CNCC2CC2)cc1. The molecule has 0 radical (unpaired) electrons. The third-order valence-corrected chi connectivity index (χ3v) is 2.97. The summed E-state index contributed by atoms with van der Waals surface area (Å²) in [6.07, 6.45) is 2.24. The lowest BCUT2D eigenvalue weighted by atomic mass is 10.2. The molecule has 1 aliphatic rings. The Kier molecular flexibility index (Phi) is 4.40. The number of hydrogen-bond donors (Lipinski definition) is 2. The molecule has 0 bridgehead atoms. The third-order valence-electron chi connectivity index (χ3n) is 2.97. The highest BCUT2D eigenvalue weighted by Crippen LogP contribution is 2.27. The van der Waals surface area contributed by atoms with E-state index in [4.69, 9.17) is 4.74 Å². The van der Waals surface area contributed by atoms with Gasteiger partial charge in [0.15, 0.2) is 0 Å². The Morgan fingerprint density at radius 3 is 2.71 bits per heavy atom. The first kappa shape index (κ1) is 12.4. The second kappa shape index (κ2) is 6.03. The van der Waals surface area contributed by atoms with Gasteiger partial charge in [0.25, 0.3) is 0 Å². The number of nitrogens with one attached hydrogen (secondary N) is 1. The number of aliphatic hydroxyl groups excluding tert-OH is 1. The molecule has 2 rings (SSSR count). The Bertz CT molecular complexity index is 333. The second-order valence-electron chi connectivity index (χ2n) is 4.88. The predicted molar refractivity (Wildman–Crippen MR) is 68.3 cm³/mol. The molecule has 3 heteroatoms. The quantitative estimate of drug-likeness (QED) is 0.756. The average molecular weight is 235 g/mol. The molecule has 0 saturated heterocycles. The molecule has 0 heterocycles. The van der Waals surface area contributed by atoms with Crippen LogP contribution in [0.3, 0.4) is 0 Å². The summed E-state index contributed by atoms with van der Waals surface area (Å²) in [6.45, 7) is 4.03. The predicted octanol–water partition coefficient (Wildman–Crippen LogP) is 1.73. The van der Waals surface area contributed by atoms with Gasteiger partial charge in [0.05, 0.1) is 0 Å². The van der Waals surface area contributed by atoms with Gasteiger partial charge in [0.2, 0.25) is 0 Å². The van der Waals surface area contributed by atoms with Gasteiger partial charge < -0.3 is 15.2 Å². The normalized spacial score (nSPS) is 16.8. The molecule has 1 aliphatic carbocycles. The van der Waals surface area contributed by atoms with E-state index in [2.05, 4.69) is 5.32 Å². The van der Waals surface area contributed by atoms with Gasteiger partial charge in [0, 0.05) is 6.54 Å². The molecule has 0 spiro atoms. The van der Waals surface area contributed by atoms with Crippen molar-refractivity contribution in [1.29, 1.82) is 0 Å². The Morgan fingerprint density at radius 2 is 2.06 bits per heavy atom. The second-order valence-corrected chi connectivity index (χ2v) is 4.88. The highest BCUT2D eigenvalue weighted by Gasteiger charge is 2.20. The molecule has 94 valence electrons. The Labute approximate surface area is 103 Å². The fourth-order valence-corrected chi connectivity index (χ4v) is 1.66. The van der Waals surface area contributed by atoms with Crippen LogP contribution in [0.1, 0.15) is 18.4 Å². The maximum absolute atomic E-state index is 9.71. The summed E-state index contributed by atoms with van der Waals surface area (Å²) >= 11 is 0. The van der Waals surface area contributed by atoms with Gasteiger partial charge in [-0.3, -0.25) is 0 Å². The van der Waals surface area contributed by atoms with Crippen LogP contribution in [0.25, 0.3) is 0 Å². The summed E-state index contributed by atoms with van der Waals surface area (Å²) in [5.41, 5.74) is 1.21. The largest absolute Gasteiger partial charge is 0.491 e. The summed E-state index contributed by atoms with van der Waals surface area (Å²) in [6, 6.07) is 7.87. The zero-order chi connectivity index (χ0) is 12.1. The van der Waals surface area contributed by atoms with Crippen LogP contribution in [0.2, 0.25) is 0 Å². The highest BCUT2D eigenvalue weighted by atomic mass is 16.5. The standard InChI is InChI=1S/C14H21NO2/c1-11-2-6-14(7-3-11)17-10-13(16)9-15-8-12-4-5-12/h2-3,6-7,12-13,15-16H,4-5,8-10H2,1H3. The van der Waals surface area contributed by atoms with Crippen molar-refractivity contribution < 1.29 is 9.84 Å². The van der Waals surface area contributed by atoms with Crippen LogP contribution in [-0.4, -0.2) is 30.9 Å². The van der Waals surface area contributed by atoms with Crippen LogP contribution >= 0.6 is 0 Å². The van der Waals surface area contributed by atoms with Gasteiger partial charge in [0.1, 0.15) is 18.5 Å². The Morgan fingerprint density at radius 1 is 1.35 bits per heavy atom. The minimum absolute atomic E-state index is 0.348. The fraction of sp³-hybridized carbons (Fsp3) is 0.571. The first-order valence-corrected chi connectivity index (χ1v) is 6.32. The first-order valence-electron chi connectivity index (χ1n) is 6.32. The average Bonchev–Trinajstić information content (AvgIpc) is 3.12. The summed E-state index contributed by atoms with van der Waals surface area (Å²) in [5, 5.41) is 13.0. The lowest BCUT2D eigenvalue weighted by molar-refractivity contribution is 0.106. The molecule has 2 N–H and O–H groups in total. The van der Waals surface area contributed by atoms with Crippen molar-refractivity contribution in [2.45, 2.75) is 25.9 Å². The number of ether oxygens (including phenoxy) is 1. The summed E-state index contributed by atoms with van der Waals surface area (Å²) in [4.78, 5) is 0. The van der Waals surface area contributed by atoms with Crippen LogP contribution in [-0.2, 0) is 0 Å². The molecule has 1 aromatic rings. The van der Waals surface area contributed by atoms with E-state index in [1.54, 1.807) is 0 Å². The van der Waals surface area contributed by atoms with E-state index in [9.17, 15) is 5.11 Å². The van der Waals surface area contributed by atoms with E-state index >= 15 is 0 Å². The first-order chi connectivity index (χ1) is 8.24. The van der Waals surface area contributed by atoms with E-state index in [1.165, 1.54) is 18.4 Å². The molecule has 1 aromatic carbocycles. The Hall–Kier alpha value is -1.06. The fourth-order valence-electron chi connectivity index (χ4n) is 1.66. The van der Waals surface area contributed by atoms with Crippen molar-refractivity contribution in [2.24, 2.45) is 5.92 Å². The van der Waals surface area contributed by atoms with E-state index in [1.807, 2.05) is 31.2 Å². The lowest BCUT2D eigenvalue weighted by Gasteiger charge is -2.13. The van der Waals surface area contributed by atoms with Crippen molar-refractivity contribution in [3.05, 3.63) is 29.8 Å². The van der Waals surface area contributed by atoms with Crippen molar-refractivity contribution in [1.82, 2.24) is 5.32 Å². The van der Waals surface area contributed by atoms with Gasteiger partial charge in [-0.2, -0.15) is 0 Å². The van der Waals surface area contributed by atoms with E-state index in [-0.39, 0.29) is 0 Å². The van der Waals surface area contributed by atoms with Gasteiger partial charge in [-0.05, 0) is 44.4 Å². The van der Waals surface area contributed by atoms with Crippen LogP contribution < -0.4 is 10.1 Å². The van der Waals surface area contributed by atoms with Crippen LogP contribution in [0.4, 0.5) is 0 Å². The number of aryl methyl sites for hydroxylation is 1. The minimum atomic E-state index is -0.435. The maximum Gasteiger partial charge on any atom is 0.119 e. The van der Waals surface area contributed by atoms with Gasteiger partial charge in [-0.1, -0.05) is 17.7 Å². The Balaban J connectivity index is 1.60. The topological polar surface area (TPSA) is 41.5 Å². The van der Waals surface area contributed by atoms with Crippen molar-refractivity contribution in [3.8, 4) is 5.75 Å². The van der Waals surface area contributed by atoms with E-state index in [0.29, 0.717) is 13.2 Å². The van der Waals surface area contributed by atoms with Crippen LogP contribution in [0.15, 0.2) is 24.3 Å². The smallest absolute Gasteiger partial charge is 0.119 e. The van der Waals surface area contributed by atoms with E-state index in [0.717, 1.165) is 18.2 Å². The van der Waals surface area contributed by atoms with Gasteiger partial charge in [-0.25, -0.2) is 0 Å². The van der Waals surface area contributed by atoms with Crippen LogP contribution in [0.5, 0.6) is 5.75 Å². The lowest BCUT2D eigenvalue weighted by Crippen LogP contribution is -2.32. The maximum atomic E-state index is 9.71. The van der Waals surface area contributed by atoms with Crippen molar-refractivity contribution in [3.63, 3.8) is 0 Å². The summed E-state index contributed by atoms with van der Waals surface area (Å²) < 4.78 is 5.51. The van der Waals surface area contributed by atoms with Crippen LogP contribution in [0, 0.1) is 12.8 Å². The third kappa shape index (κ3) is 4.75.